The van der Waals surface area contributed by atoms with E-state index in [1.807, 2.05) is 0 Å². The fourth-order valence-electron chi connectivity index (χ4n) is 2.23. The Bertz CT molecular complexity index is 505. The Kier molecular flexibility index (Phi) is 2.78. The van der Waals surface area contributed by atoms with Crippen molar-refractivity contribution in [1.82, 2.24) is 4.90 Å². The monoisotopic (exact) mass is 271 g/mol. The number of halogens is 3. The van der Waals surface area contributed by atoms with Gasteiger partial charge in [-0.05, 0) is 11.6 Å². The number of benzene rings is 1. The summed E-state index contributed by atoms with van der Waals surface area (Å²) in [5, 5.41) is 0. The van der Waals surface area contributed by atoms with E-state index in [0.717, 1.165) is 6.07 Å². The van der Waals surface area contributed by atoms with Crippen LogP contribution >= 0.6 is 0 Å². The van der Waals surface area contributed by atoms with Gasteiger partial charge < -0.3 is 9.64 Å². The molecule has 0 spiro atoms. The molecule has 2 fully saturated rings. The van der Waals surface area contributed by atoms with Crippen molar-refractivity contribution in [1.29, 1.82) is 0 Å². The summed E-state index contributed by atoms with van der Waals surface area (Å²) in [5.41, 5.74) is -0.00380. The molecule has 1 atom stereocenters. The summed E-state index contributed by atoms with van der Waals surface area (Å²) in [5.74, 6) is -0.0618. The predicted molar refractivity (Wildman–Crippen MR) is 60.5 cm³/mol. The Morgan fingerprint density at radius 3 is 2.58 bits per heavy atom. The van der Waals surface area contributed by atoms with Gasteiger partial charge in [0.05, 0.1) is 12.2 Å². The molecule has 1 aromatic rings. The average molecular weight is 271 g/mol. The zero-order valence-electron chi connectivity index (χ0n) is 9.98. The minimum absolute atomic E-state index is 0.00926. The van der Waals surface area contributed by atoms with Crippen molar-refractivity contribution in [3.8, 4) is 0 Å². The molecule has 3 rings (SSSR count). The SMILES string of the molecule is O=C(C1CO1)N1CC(c2cccc(C(F)(F)F)c2)C1. The van der Waals surface area contributed by atoms with Crippen LogP contribution in [-0.4, -0.2) is 36.6 Å². The first-order valence-electron chi connectivity index (χ1n) is 6.02. The lowest BCUT2D eigenvalue weighted by Crippen LogP contribution is -2.50. The molecule has 0 aliphatic carbocycles. The molecule has 1 unspecified atom stereocenters. The Labute approximate surface area is 108 Å². The van der Waals surface area contributed by atoms with Gasteiger partial charge in [-0.3, -0.25) is 4.79 Å². The van der Waals surface area contributed by atoms with Crippen molar-refractivity contribution in [2.45, 2.75) is 18.2 Å². The van der Waals surface area contributed by atoms with Gasteiger partial charge in [0.1, 0.15) is 0 Å². The molecule has 102 valence electrons. The maximum Gasteiger partial charge on any atom is 0.416 e. The summed E-state index contributed by atoms with van der Waals surface area (Å²) in [6.07, 6.45) is -4.64. The number of hydrogen-bond donors (Lipinski definition) is 0. The Morgan fingerprint density at radius 2 is 2.00 bits per heavy atom. The first kappa shape index (κ1) is 12.5. The molecule has 1 amide bonds. The van der Waals surface area contributed by atoms with E-state index >= 15 is 0 Å². The number of rotatable bonds is 2. The zero-order valence-corrected chi connectivity index (χ0v) is 9.98. The van der Waals surface area contributed by atoms with Gasteiger partial charge in [-0.15, -0.1) is 0 Å². The van der Waals surface area contributed by atoms with Crippen molar-refractivity contribution in [3.05, 3.63) is 35.4 Å². The number of carbonyl (C=O) groups is 1. The highest BCUT2D eigenvalue weighted by atomic mass is 19.4. The number of amides is 1. The van der Waals surface area contributed by atoms with E-state index in [9.17, 15) is 18.0 Å². The summed E-state index contributed by atoms with van der Waals surface area (Å²) in [7, 11) is 0. The lowest BCUT2D eigenvalue weighted by Gasteiger charge is -2.39. The third-order valence-corrected chi connectivity index (χ3v) is 3.49. The van der Waals surface area contributed by atoms with Gasteiger partial charge in [0, 0.05) is 19.0 Å². The Morgan fingerprint density at radius 1 is 1.32 bits per heavy atom. The van der Waals surface area contributed by atoms with Crippen LogP contribution in [0.3, 0.4) is 0 Å². The molecule has 1 aromatic carbocycles. The molecule has 2 aliphatic rings. The smallest absolute Gasteiger partial charge is 0.363 e. The van der Waals surface area contributed by atoms with E-state index in [1.165, 1.54) is 12.1 Å². The van der Waals surface area contributed by atoms with E-state index in [2.05, 4.69) is 0 Å². The number of hydrogen-bond acceptors (Lipinski definition) is 2. The topological polar surface area (TPSA) is 32.8 Å². The van der Waals surface area contributed by atoms with Gasteiger partial charge in [-0.25, -0.2) is 0 Å². The van der Waals surface area contributed by atoms with E-state index < -0.39 is 11.7 Å². The maximum atomic E-state index is 12.6. The summed E-state index contributed by atoms with van der Waals surface area (Å²) >= 11 is 0. The number of likely N-dealkylation sites (tertiary alicyclic amines) is 1. The number of ether oxygens (including phenoxy) is 1. The second-order valence-electron chi connectivity index (χ2n) is 4.89. The van der Waals surface area contributed by atoms with Crippen LogP contribution < -0.4 is 0 Å². The second kappa shape index (κ2) is 4.23. The van der Waals surface area contributed by atoms with Crippen LogP contribution in [0, 0.1) is 0 Å². The van der Waals surface area contributed by atoms with E-state index in [4.69, 9.17) is 4.74 Å². The van der Waals surface area contributed by atoms with Crippen LogP contribution in [0.25, 0.3) is 0 Å². The summed E-state index contributed by atoms with van der Waals surface area (Å²) in [6, 6.07) is 5.31. The molecule has 19 heavy (non-hydrogen) atoms. The number of alkyl halides is 3. The summed E-state index contributed by atoms with van der Waals surface area (Å²) in [6.45, 7) is 1.41. The molecule has 2 aliphatic heterocycles. The fourth-order valence-corrected chi connectivity index (χ4v) is 2.23. The van der Waals surface area contributed by atoms with Gasteiger partial charge in [-0.2, -0.15) is 13.2 Å². The van der Waals surface area contributed by atoms with Crippen LogP contribution in [0.4, 0.5) is 13.2 Å². The number of nitrogens with zero attached hydrogens (tertiary/aromatic N) is 1. The van der Waals surface area contributed by atoms with Crippen LogP contribution in [0.2, 0.25) is 0 Å². The van der Waals surface area contributed by atoms with E-state index in [-0.39, 0.29) is 17.9 Å². The molecular weight excluding hydrogens is 259 g/mol. The molecule has 3 nitrogen and oxygen atoms in total. The van der Waals surface area contributed by atoms with Gasteiger partial charge in [-0.1, -0.05) is 18.2 Å². The van der Waals surface area contributed by atoms with Crippen molar-refractivity contribution in [2.75, 3.05) is 19.7 Å². The third-order valence-electron chi connectivity index (χ3n) is 3.49. The summed E-state index contributed by atoms with van der Waals surface area (Å²) in [4.78, 5) is 13.2. The lowest BCUT2D eigenvalue weighted by molar-refractivity contribution is -0.138. The first-order chi connectivity index (χ1) is 8.95. The van der Waals surface area contributed by atoms with Crippen molar-refractivity contribution < 1.29 is 22.7 Å². The van der Waals surface area contributed by atoms with Crippen LogP contribution in [0.1, 0.15) is 17.0 Å². The minimum atomic E-state index is -4.32. The van der Waals surface area contributed by atoms with Crippen LogP contribution in [0.15, 0.2) is 24.3 Å². The van der Waals surface area contributed by atoms with E-state index in [1.54, 1.807) is 11.0 Å². The Hall–Kier alpha value is -1.56. The Balaban J connectivity index is 1.66. The van der Waals surface area contributed by atoms with Gasteiger partial charge in [0.25, 0.3) is 5.91 Å². The molecule has 2 saturated heterocycles. The van der Waals surface area contributed by atoms with Gasteiger partial charge in [0.2, 0.25) is 0 Å². The molecule has 0 radical (unpaired) electrons. The maximum absolute atomic E-state index is 12.6. The van der Waals surface area contributed by atoms with Gasteiger partial charge >= 0.3 is 6.18 Å². The molecule has 2 heterocycles. The fraction of sp³-hybridized carbons (Fsp3) is 0.462. The second-order valence-corrected chi connectivity index (χ2v) is 4.89. The van der Waals surface area contributed by atoms with Crippen molar-refractivity contribution >= 4 is 5.91 Å². The molecule has 0 bridgehead atoms. The highest BCUT2D eigenvalue weighted by molar-refractivity contribution is 5.83. The molecule has 0 N–H and O–H groups in total. The lowest BCUT2D eigenvalue weighted by atomic mass is 9.90. The minimum Gasteiger partial charge on any atom is -0.363 e. The largest absolute Gasteiger partial charge is 0.416 e. The standard InChI is InChI=1S/C13H12F3NO2/c14-13(15,16)10-3-1-2-8(4-10)9-5-17(6-9)12(18)11-7-19-11/h1-4,9,11H,5-7H2. The average Bonchev–Trinajstić information content (AvgIpc) is 3.09. The number of carbonyl (C=O) groups excluding carboxylic acids is 1. The molecule has 0 saturated carbocycles. The van der Waals surface area contributed by atoms with E-state index in [0.29, 0.717) is 25.3 Å². The summed E-state index contributed by atoms with van der Waals surface area (Å²) < 4.78 is 42.7. The van der Waals surface area contributed by atoms with Crippen LogP contribution in [-0.2, 0) is 15.7 Å². The van der Waals surface area contributed by atoms with Gasteiger partial charge in [0.15, 0.2) is 6.10 Å². The third kappa shape index (κ3) is 2.45. The molecule has 6 heteroatoms. The highest BCUT2D eigenvalue weighted by Gasteiger charge is 2.41. The quantitative estimate of drug-likeness (QED) is 0.771. The normalized spacial score (nSPS) is 23.1. The van der Waals surface area contributed by atoms with Crippen molar-refractivity contribution in [3.63, 3.8) is 0 Å². The highest BCUT2D eigenvalue weighted by Crippen LogP contribution is 2.34. The predicted octanol–water partition coefficient (Wildman–Crippen LogP) is 2.03. The van der Waals surface area contributed by atoms with Crippen LogP contribution in [0.5, 0.6) is 0 Å². The van der Waals surface area contributed by atoms with Crippen molar-refractivity contribution in [2.24, 2.45) is 0 Å². The molecule has 0 aromatic heterocycles. The number of epoxide rings is 1. The zero-order chi connectivity index (χ0) is 13.6. The molecular formula is C13H12F3NO2. The first-order valence-corrected chi connectivity index (χ1v) is 6.02.